The Morgan fingerprint density at radius 3 is 2.45 bits per heavy atom. The van der Waals surface area contributed by atoms with Crippen LogP contribution in [0, 0.1) is 11.3 Å². The van der Waals surface area contributed by atoms with Gasteiger partial charge in [0.05, 0.1) is 18.3 Å². The summed E-state index contributed by atoms with van der Waals surface area (Å²) in [5.41, 5.74) is 1.00. The van der Waals surface area contributed by atoms with Crippen molar-refractivity contribution in [2.75, 3.05) is 11.1 Å². The summed E-state index contributed by atoms with van der Waals surface area (Å²) < 4.78 is 5.42. The molecule has 8 heteroatoms. The third-order valence-corrected chi connectivity index (χ3v) is 9.57. The molecule has 0 spiro atoms. The van der Waals surface area contributed by atoms with Gasteiger partial charge in [-0.25, -0.2) is 0 Å². The molecule has 3 rings (SSSR count). The molecule has 0 heterocycles. The molecule has 2 unspecified atom stereocenters. The number of amides is 1. The van der Waals surface area contributed by atoms with Gasteiger partial charge < -0.3 is 25.4 Å². The molecular weight excluding hydrogens is 550 g/mol. The Morgan fingerprint density at radius 2 is 1.76 bits per heavy atom. The number of thioether (sulfide) groups is 1. The Balaban J connectivity index is 1.36. The van der Waals surface area contributed by atoms with E-state index in [4.69, 9.17) is 4.74 Å². The highest BCUT2D eigenvalue weighted by Gasteiger charge is 2.42. The van der Waals surface area contributed by atoms with Gasteiger partial charge in [-0.3, -0.25) is 9.59 Å². The molecule has 1 saturated carbocycles. The SMILES string of the molecule is CCCCC(C)(C)C(O)CS[C@H]1[C@H](O)CC(O)[C@@H]1CC=CCCCC(=O)Oc1ccc(NC(=O)c2ccccc2)cc1. The zero-order valence-corrected chi connectivity index (χ0v) is 25.9. The van der Waals surface area contributed by atoms with Gasteiger partial charge in [0.15, 0.2) is 0 Å². The summed E-state index contributed by atoms with van der Waals surface area (Å²) >= 11 is 1.57. The Labute approximate surface area is 254 Å². The molecule has 4 N–H and O–H groups in total. The lowest BCUT2D eigenvalue weighted by Gasteiger charge is -2.32. The maximum Gasteiger partial charge on any atom is 0.311 e. The molecule has 1 aliphatic carbocycles. The van der Waals surface area contributed by atoms with Gasteiger partial charge in [-0.1, -0.05) is 64.0 Å². The number of nitrogens with one attached hydrogen (secondary N) is 1. The average molecular weight is 598 g/mol. The number of aliphatic hydroxyl groups is 3. The largest absolute Gasteiger partial charge is 0.427 e. The summed E-state index contributed by atoms with van der Waals surface area (Å²) in [5, 5.41) is 34.6. The monoisotopic (exact) mass is 597 g/mol. The maximum absolute atomic E-state index is 12.3. The number of ether oxygens (including phenoxy) is 1. The normalized spacial score (nSPS) is 21.4. The number of hydrogen-bond donors (Lipinski definition) is 4. The molecule has 1 aliphatic rings. The molecule has 230 valence electrons. The molecule has 5 atom stereocenters. The number of rotatable bonds is 16. The summed E-state index contributed by atoms with van der Waals surface area (Å²) in [6, 6.07) is 15.6. The second-order valence-electron chi connectivity index (χ2n) is 11.9. The van der Waals surface area contributed by atoms with Gasteiger partial charge in [0, 0.05) is 41.0 Å². The Kier molecular flexibility index (Phi) is 13.6. The first-order valence-electron chi connectivity index (χ1n) is 15.1. The van der Waals surface area contributed by atoms with Crippen LogP contribution in [0.4, 0.5) is 5.69 Å². The highest BCUT2D eigenvalue weighted by Crippen LogP contribution is 2.40. The van der Waals surface area contributed by atoms with Gasteiger partial charge in [0.25, 0.3) is 5.91 Å². The quantitative estimate of drug-likeness (QED) is 0.0768. The molecule has 0 aromatic heterocycles. The van der Waals surface area contributed by atoms with E-state index >= 15 is 0 Å². The van der Waals surface area contributed by atoms with Crippen LogP contribution in [0.15, 0.2) is 66.7 Å². The van der Waals surface area contributed by atoms with Crippen LogP contribution >= 0.6 is 11.8 Å². The van der Waals surface area contributed by atoms with E-state index in [-0.39, 0.29) is 34.9 Å². The second kappa shape index (κ2) is 16.8. The predicted octanol–water partition coefficient (Wildman–Crippen LogP) is 6.38. The fraction of sp³-hybridized carbons (Fsp3) is 0.529. The first kappa shape index (κ1) is 33.8. The maximum atomic E-state index is 12.3. The van der Waals surface area contributed by atoms with Crippen LogP contribution in [0.25, 0.3) is 0 Å². The van der Waals surface area contributed by atoms with E-state index in [1.54, 1.807) is 60.3 Å². The minimum absolute atomic E-state index is 0.0717. The number of benzene rings is 2. The predicted molar refractivity (Wildman–Crippen MR) is 170 cm³/mol. The number of aliphatic hydroxyl groups excluding tert-OH is 3. The first-order valence-corrected chi connectivity index (χ1v) is 16.1. The molecule has 1 fully saturated rings. The fourth-order valence-electron chi connectivity index (χ4n) is 5.13. The van der Waals surface area contributed by atoms with Crippen LogP contribution < -0.4 is 10.1 Å². The topological polar surface area (TPSA) is 116 Å². The molecule has 1 amide bonds. The average Bonchev–Trinajstić information content (AvgIpc) is 3.25. The summed E-state index contributed by atoms with van der Waals surface area (Å²) in [6.07, 6.45) is 8.15. The Hall–Kier alpha value is -2.65. The standard InChI is InChI=1S/C34H47NO6S/c1-4-5-21-34(2,3)30(38)23-42-32-27(28(36)22-29(32)37)15-11-6-7-12-16-31(39)41-26-19-17-25(18-20-26)35-33(40)24-13-9-8-10-14-24/h6,8-11,13-14,17-20,27-30,32,36-38H,4-5,7,12,15-16,21-23H2,1-3H3,(H,35,40)/t27-,28?,29+,30?,32+/m0/s1. The van der Waals surface area contributed by atoms with Crippen molar-refractivity contribution >= 4 is 29.3 Å². The molecule has 2 aromatic rings. The lowest BCUT2D eigenvalue weighted by atomic mass is 9.82. The first-order chi connectivity index (χ1) is 20.1. The zero-order chi connectivity index (χ0) is 30.5. The molecule has 0 aliphatic heterocycles. The molecular formula is C34H47NO6S. The van der Waals surface area contributed by atoms with Crippen molar-refractivity contribution in [2.45, 2.75) is 95.7 Å². The number of unbranched alkanes of at least 4 members (excludes halogenated alkanes) is 2. The summed E-state index contributed by atoms with van der Waals surface area (Å²) in [4.78, 5) is 24.6. The minimum atomic E-state index is -0.585. The van der Waals surface area contributed by atoms with Crippen LogP contribution in [0.2, 0.25) is 0 Å². The second-order valence-corrected chi connectivity index (χ2v) is 13.1. The smallest absolute Gasteiger partial charge is 0.311 e. The number of allylic oxidation sites excluding steroid dienone is 2. The van der Waals surface area contributed by atoms with Crippen molar-refractivity contribution in [1.29, 1.82) is 0 Å². The van der Waals surface area contributed by atoms with Crippen molar-refractivity contribution in [2.24, 2.45) is 11.3 Å². The summed E-state index contributed by atoms with van der Waals surface area (Å²) in [5.74, 6) is 0.359. The van der Waals surface area contributed by atoms with Gasteiger partial charge in [0.2, 0.25) is 0 Å². The fourth-order valence-corrected chi connectivity index (χ4v) is 6.86. The van der Waals surface area contributed by atoms with Crippen LogP contribution in [-0.2, 0) is 4.79 Å². The van der Waals surface area contributed by atoms with E-state index in [1.165, 1.54) is 0 Å². The van der Waals surface area contributed by atoms with Gasteiger partial charge >= 0.3 is 5.97 Å². The molecule has 2 aromatic carbocycles. The van der Waals surface area contributed by atoms with Crippen molar-refractivity contribution in [3.8, 4) is 5.75 Å². The van der Waals surface area contributed by atoms with Crippen LogP contribution in [-0.4, -0.2) is 56.5 Å². The molecule has 42 heavy (non-hydrogen) atoms. The van der Waals surface area contributed by atoms with E-state index in [0.29, 0.717) is 48.4 Å². The summed E-state index contributed by atoms with van der Waals surface area (Å²) in [6.45, 7) is 6.33. The van der Waals surface area contributed by atoms with Crippen LogP contribution in [0.1, 0.15) is 82.5 Å². The molecule has 7 nitrogen and oxygen atoms in total. The number of carbonyl (C=O) groups is 2. The summed E-state index contributed by atoms with van der Waals surface area (Å²) in [7, 11) is 0. The number of esters is 1. The van der Waals surface area contributed by atoms with Gasteiger partial charge in [0.1, 0.15) is 5.75 Å². The van der Waals surface area contributed by atoms with Crippen LogP contribution in [0.5, 0.6) is 5.75 Å². The number of hydrogen-bond acceptors (Lipinski definition) is 7. The van der Waals surface area contributed by atoms with Crippen molar-refractivity contribution in [1.82, 2.24) is 0 Å². The Morgan fingerprint density at radius 1 is 1.05 bits per heavy atom. The zero-order valence-electron chi connectivity index (χ0n) is 25.1. The molecule has 0 bridgehead atoms. The van der Waals surface area contributed by atoms with Crippen molar-refractivity contribution in [3.63, 3.8) is 0 Å². The number of anilines is 1. The number of carbonyl (C=O) groups excluding carboxylic acids is 2. The van der Waals surface area contributed by atoms with E-state index in [0.717, 1.165) is 19.3 Å². The molecule has 0 saturated heterocycles. The molecule has 0 radical (unpaired) electrons. The van der Waals surface area contributed by atoms with Gasteiger partial charge in [-0.15, -0.1) is 0 Å². The van der Waals surface area contributed by atoms with E-state index in [2.05, 4.69) is 26.1 Å². The van der Waals surface area contributed by atoms with Crippen molar-refractivity contribution in [3.05, 3.63) is 72.3 Å². The third-order valence-electron chi connectivity index (χ3n) is 8.01. The van der Waals surface area contributed by atoms with E-state index in [9.17, 15) is 24.9 Å². The van der Waals surface area contributed by atoms with Crippen LogP contribution in [0.3, 0.4) is 0 Å². The Bertz CT molecular complexity index is 1140. The van der Waals surface area contributed by atoms with Gasteiger partial charge in [-0.05, 0) is 67.5 Å². The third kappa shape index (κ3) is 10.6. The minimum Gasteiger partial charge on any atom is -0.427 e. The van der Waals surface area contributed by atoms with Crippen molar-refractivity contribution < 1.29 is 29.6 Å². The highest BCUT2D eigenvalue weighted by atomic mass is 32.2. The van der Waals surface area contributed by atoms with Gasteiger partial charge in [-0.2, -0.15) is 11.8 Å². The lowest BCUT2D eigenvalue weighted by Crippen LogP contribution is -2.34. The van der Waals surface area contributed by atoms with E-state index < -0.39 is 18.3 Å². The highest BCUT2D eigenvalue weighted by molar-refractivity contribution is 8.00. The van der Waals surface area contributed by atoms with E-state index in [1.807, 2.05) is 18.2 Å². The lowest BCUT2D eigenvalue weighted by molar-refractivity contribution is -0.134.